The van der Waals surface area contributed by atoms with E-state index in [0.29, 0.717) is 24.6 Å². The van der Waals surface area contributed by atoms with Crippen LogP contribution in [0.1, 0.15) is 44.0 Å². The van der Waals surface area contributed by atoms with Crippen LogP contribution in [0.4, 0.5) is 0 Å². The molecular formula is C11H15N3O2. The van der Waals surface area contributed by atoms with Crippen LogP contribution >= 0.6 is 0 Å². The number of nitrogens with zero attached hydrogens (tertiary/aromatic N) is 3. The van der Waals surface area contributed by atoms with Gasteiger partial charge < -0.3 is 9.26 Å². The molecular weight excluding hydrogens is 206 g/mol. The van der Waals surface area contributed by atoms with Crippen molar-refractivity contribution in [3.63, 3.8) is 0 Å². The molecule has 0 aliphatic carbocycles. The molecule has 1 aliphatic rings. The van der Waals surface area contributed by atoms with E-state index >= 15 is 0 Å². The zero-order valence-corrected chi connectivity index (χ0v) is 9.35. The van der Waals surface area contributed by atoms with E-state index in [1.165, 1.54) is 0 Å². The van der Waals surface area contributed by atoms with E-state index in [1.807, 2.05) is 6.92 Å². The molecule has 1 saturated heterocycles. The molecule has 2 rings (SSSR count). The highest BCUT2D eigenvalue weighted by molar-refractivity contribution is 4.94. The molecule has 16 heavy (non-hydrogen) atoms. The van der Waals surface area contributed by atoms with E-state index in [1.54, 1.807) is 0 Å². The summed E-state index contributed by atoms with van der Waals surface area (Å²) in [6.45, 7) is 2.78. The topological polar surface area (TPSA) is 71.9 Å². The molecule has 2 heterocycles. The van der Waals surface area contributed by atoms with Crippen LogP contribution < -0.4 is 0 Å². The van der Waals surface area contributed by atoms with Gasteiger partial charge in [0.1, 0.15) is 6.10 Å². The normalized spacial score (nSPS) is 21.9. The molecule has 1 aromatic heterocycles. The van der Waals surface area contributed by atoms with E-state index in [4.69, 9.17) is 14.5 Å². The van der Waals surface area contributed by atoms with Crippen molar-refractivity contribution in [2.24, 2.45) is 5.92 Å². The molecule has 1 aromatic rings. The van der Waals surface area contributed by atoms with Gasteiger partial charge in [-0.3, -0.25) is 0 Å². The summed E-state index contributed by atoms with van der Waals surface area (Å²) in [4.78, 5) is 4.30. The van der Waals surface area contributed by atoms with Gasteiger partial charge in [0.25, 0.3) is 0 Å². The fraction of sp³-hybridized carbons (Fsp3) is 0.727. The number of aromatic nitrogens is 2. The molecule has 0 N–H and O–H groups in total. The zero-order chi connectivity index (χ0) is 11.4. The van der Waals surface area contributed by atoms with Gasteiger partial charge in [-0.25, -0.2) is 0 Å². The highest BCUT2D eigenvalue weighted by Gasteiger charge is 2.23. The second-order valence-corrected chi connectivity index (χ2v) is 4.22. The lowest BCUT2D eigenvalue weighted by Crippen LogP contribution is -2.01. The summed E-state index contributed by atoms with van der Waals surface area (Å²) < 4.78 is 10.6. The predicted molar refractivity (Wildman–Crippen MR) is 55.3 cm³/mol. The summed E-state index contributed by atoms with van der Waals surface area (Å²) in [7, 11) is 0. The molecule has 0 aromatic carbocycles. The van der Waals surface area contributed by atoms with E-state index < -0.39 is 0 Å². The predicted octanol–water partition coefficient (Wildman–Crippen LogP) is 2.01. The third kappa shape index (κ3) is 2.58. The van der Waals surface area contributed by atoms with E-state index in [-0.39, 0.29) is 12.0 Å². The molecule has 5 nitrogen and oxygen atoms in total. The Labute approximate surface area is 94.4 Å². The average molecular weight is 221 g/mol. The molecule has 1 fully saturated rings. The van der Waals surface area contributed by atoms with Crippen LogP contribution in [-0.2, 0) is 11.2 Å². The van der Waals surface area contributed by atoms with Gasteiger partial charge in [-0.15, -0.1) is 0 Å². The lowest BCUT2D eigenvalue weighted by atomic mass is 10.1. The Morgan fingerprint density at radius 3 is 3.19 bits per heavy atom. The van der Waals surface area contributed by atoms with Gasteiger partial charge in [-0.05, 0) is 18.8 Å². The number of hydrogen-bond acceptors (Lipinski definition) is 5. The summed E-state index contributed by atoms with van der Waals surface area (Å²) in [5.74, 6) is 1.51. The first-order chi connectivity index (χ1) is 7.79. The van der Waals surface area contributed by atoms with Gasteiger partial charge in [0, 0.05) is 19.4 Å². The van der Waals surface area contributed by atoms with Gasteiger partial charge in [0.2, 0.25) is 11.7 Å². The molecule has 2 unspecified atom stereocenters. The molecule has 0 bridgehead atoms. The first-order valence-electron chi connectivity index (χ1n) is 5.60. The van der Waals surface area contributed by atoms with Crippen LogP contribution in [-0.4, -0.2) is 16.7 Å². The number of ether oxygens (including phenoxy) is 1. The lowest BCUT2D eigenvalue weighted by molar-refractivity contribution is 0.103. The van der Waals surface area contributed by atoms with Crippen molar-refractivity contribution in [3.8, 4) is 6.07 Å². The molecule has 0 radical (unpaired) electrons. The minimum Gasteiger partial charge on any atom is -0.370 e. The van der Waals surface area contributed by atoms with Crippen molar-refractivity contribution in [3.05, 3.63) is 11.7 Å². The molecule has 2 atom stereocenters. The maximum absolute atomic E-state index is 8.56. The van der Waals surface area contributed by atoms with Crippen molar-refractivity contribution in [2.45, 2.75) is 38.7 Å². The summed E-state index contributed by atoms with van der Waals surface area (Å²) in [5.41, 5.74) is 0. The second-order valence-electron chi connectivity index (χ2n) is 4.22. The molecule has 0 amide bonds. The van der Waals surface area contributed by atoms with Gasteiger partial charge >= 0.3 is 0 Å². The Hall–Kier alpha value is -1.41. The molecule has 86 valence electrons. The average Bonchev–Trinajstić information content (AvgIpc) is 2.86. The third-order valence-electron chi connectivity index (χ3n) is 2.66. The minimum absolute atomic E-state index is 0.00349. The van der Waals surface area contributed by atoms with Crippen LogP contribution in [0.25, 0.3) is 0 Å². The maximum Gasteiger partial charge on any atom is 0.227 e. The summed E-state index contributed by atoms with van der Waals surface area (Å²) in [6.07, 6.45) is 3.19. The van der Waals surface area contributed by atoms with Crippen molar-refractivity contribution < 1.29 is 9.26 Å². The van der Waals surface area contributed by atoms with E-state index in [0.717, 1.165) is 19.4 Å². The smallest absolute Gasteiger partial charge is 0.227 e. The van der Waals surface area contributed by atoms with Crippen molar-refractivity contribution >= 4 is 0 Å². The molecule has 1 aliphatic heterocycles. The summed E-state index contributed by atoms with van der Waals surface area (Å²) >= 11 is 0. The van der Waals surface area contributed by atoms with Crippen LogP contribution in [0.2, 0.25) is 0 Å². The Bertz CT molecular complexity index is 377. The van der Waals surface area contributed by atoms with Gasteiger partial charge in [-0.1, -0.05) is 12.1 Å². The fourth-order valence-electron chi connectivity index (χ4n) is 1.79. The maximum atomic E-state index is 8.56. The van der Waals surface area contributed by atoms with Crippen molar-refractivity contribution in [2.75, 3.05) is 6.61 Å². The highest BCUT2D eigenvalue weighted by Crippen LogP contribution is 2.26. The number of nitriles is 1. The van der Waals surface area contributed by atoms with Gasteiger partial charge in [-0.2, -0.15) is 10.2 Å². The summed E-state index contributed by atoms with van der Waals surface area (Å²) in [5, 5.41) is 12.5. The second kappa shape index (κ2) is 5.08. The quantitative estimate of drug-likeness (QED) is 0.777. The van der Waals surface area contributed by atoms with Gasteiger partial charge in [0.05, 0.1) is 6.07 Å². The van der Waals surface area contributed by atoms with Crippen LogP contribution in [0.3, 0.4) is 0 Å². The largest absolute Gasteiger partial charge is 0.370 e. The standard InChI is InChI=1S/C11H15N3O2/c1-8(4-5-12)7-10-13-11(14-16-10)9-3-2-6-15-9/h8-9H,2-4,6-7H2,1H3. The van der Waals surface area contributed by atoms with Crippen molar-refractivity contribution in [1.29, 1.82) is 5.26 Å². The molecule has 0 saturated carbocycles. The number of rotatable bonds is 4. The lowest BCUT2D eigenvalue weighted by Gasteiger charge is -2.02. The monoisotopic (exact) mass is 221 g/mol. The zero-order valence-electron chi connectivity index (χ0n) is 9.35. The Kier molecular flexibility index (Phi) is 3.52. The summed E-state index contributed by atoms with van der Waals surface area (Å²) in [6, 6.07) is 2.14. The van der Waals surface area contributed by atoms with Crippen LogP contribution in [0.15, 0.2) is 4.52 Å². The van der Waals surface area contributed by atoms with Gasteiger partial charge in [0.15, 0.2) is 0 Å². The molecule has 0 spiro atoms. The minimum atomic E-state index is 0.00349. The van der Waals surface area contributed by atoms with Crippen LogP contribution in [0.5, 0.6) is 0 Å². The Morgan fingerprint density at radius 1 is 1.62 bits per heavy atom. The number of hydrogen-bond donors (Lipinski definition) is 0. The first-order valence-corrected chi connectivity index (χ1v) is 5.60. The first kappa shape index (κ1) is 11.1. The Morgan fingerprint density at radius 2 is 2.50 bits per heavy atom. The van der Waals surface area contributed by atoms with Crippen LogP contribution in [0, 0.1) is 17.2 Å². The highest BCUT2D eigenvalue weighted by atomic mass is 16.5. The Balaban J connectivity index is 1.94. The van der Waals surface area contributed by atoms with Crippen molar-refractivity contribution in [1.82, 2.24) is 10.1 Å². The van der Waals surface area contributed by atoms with E-state index in [9.17, 15) is 0 Å². The third-order valence-corrected chi connectivity index (χ3v) is 2.66. The fourth-order valence-corrected chi connectivity index (χ4v) is 1.79. The van der Waals surface area contributed by atoms with E-state index in [2.05, 4.69) is 16.2 Å². The molecule has 5 heteroatoms. The SMILES string of the molecule is CC(CC#N)Cc1nc(C2CCCO2)no1.